The van der Waals surface area contributed by atoms with E-state index < -0.39 is 30.2 Å². The van der Waals surface area contributed by atoms with Gasteiger partial charge in [0.05, 0.1) is 55.3 Å². The Kier molecular flexibility index (Phi) is 20.2. The molecule has 15 heteroatoms. The summed E-state index contributed by atoms with van der Waals surface area (Å²) in [7, 11) is 8.48. The van der Waals surface area contributed by atoms with Crippen LogP contribution in [0, 0.1) is 17.8 Å². The SMILES string of the molecule is CC[C@H](C)C([C@@H](CC(=O)N1CCC[C@H]1[C@H](OC)[C@@H](C)C(=O)N[C@@H](Cc1ccccc1)c1nccs1)OC)N(C)C(=O)CNC(=O)C(C(C)C)N(C)CCc1ccc(N(C)C=O)cc1. The van der Waals surface area contributed by atoms with Gasteiger partial charge >= 0.3 is 0 Å². The number of ether oxygens (including phenoxy) is 2. The van der Waals surface area contributed by atoms with E-state index in [4.69, 9.17) is 9.47 Å². The lowest BCUT2D eigenvalue weighted by Gasteiger charge is -2.39. The van der Waals surface area contributed by atoms with Gasteiger partial charge in [-0.15, -0.1) is 11.3 Å². The highest BCUT2D eigenvalue weighted by Gasteiger charge is 2.42. The van der Waals surface area contributed by atoms with Gasteiger partial charge in [0.15, 0.2) is 0 Å². The maximum Gasteiger partial charge on any atom is 0.242 e. The summed E-state index contributed by atoms with van der Waals surface area (Å²) in [6.45, 7) is 10.8. The van der Waals surface area contributed by atoms with E-state index in [1.54, 1.807) is 39.4 Å². The number of nitrogens with one attached hydrogen (secondary N) is 2. The van der Waals surface area contributed by atoms with Gasteiger partial charge in [-0.3, -0.25) is 28.9 Å². The molecule has 63 heavy (non-hydrogen) atoms. The number of hydrogen-bond acceptors (Lipinski definition) is 10. The van der Waals surface area contributed by atoms with Crippen LogP contribution in [0.1, 0.15) is 82.5 Å². The van der Waals surface area contributed by atoms with Crippen LogP contribution in [0.3, 0.4) is 0 Å². The molecule has 4 rings (SSSR count). The van der Waals surface area contributed by atoms with Crippen molar-refractivity contribution in [2.75, 3.05) is 59.9 Å². The number of likely N-dealkylation sites (N-methyl/N-ethyl adjacent to an activating group) is 2. The Balaban J connectivity index is 1.39. The summed E-state index contributed by atoms with van der Waals surface area (Å²) < 4.78 is 12.1. The topological polar surface area (TPSA) is 154 Å². The second-order valence-electron chi connectivity index (χ2n) is 17.3. The Hall–Kier alpha value is -4.70. The number of likely N-dealkylation sites (tertiary alicyclic amines) is 1. The van der Waals surface area contributed by atoms with Crippen molar-refractivity contribution in [1.29, 1.82) is 0 Å². The quantitative estimate of drug-likeness (QED) is 0.107. The molecular weight excluding hydrogens is 819 g/mol. The summed E-state index contributed by atoms with van der Waals surface area (Å²) in [6, 6.07) is 16.2. The van der Waals surface area contributed by atoms with Gasteiger partial charge < -0.3 is 34.8 Å². The average Bonchev–Trinajstić information content (AvgIpc) is 4.01. The Bertz CT molecular complexity index is 1880. The highest BCUT2D eigenvalue weighted by molar-refractivity contribution is 7.09. The number of rotatable bonds is 25. The van der Waals surface area contributed by atoms with Gasteiger partial charge in [0.1, 0.15) is 5.01 Å². The molecule has 1 fully saturated rings. The van der Waals surface area contributed by atoms with Gasteiger partial charge in [-0.25, -0.2) is 4.98 Å². The first kappa shape index (κ1) is 50.9. The third kappa shape index (κ3) is 13.9. The third-order valence-corrected chi connectivity index (χ3v) is 13.6. The first-order valence-electron chi connectivity index (χ1n) is 22.2. The zero-order valence-electron chi connectivity index (χ0n) is 39.0. The molecule has 14 nitrogen and oxygen atoms in total. The Morgan fingerprint density at radius 1 is 0.952 bits per heavy atom. The standard InChI is InChI=1S/C48H71N7O7S/c1-11-33(4)44(54(8)42(58)30-50-47(60)43(32(2)3)52(6)26-23-35-19-21-37(22-20-35)53(7)31-56)40(61-9)29-41(57)55-25-15-18-39(55)45(62-10)34(5)46(59)51-38(48-49-24-27-63-48)28-36-16-13-12-14-17-36/h12-14,16-17,19-22,24,27,31-34,38-40,43-45H,11,15,18,23,25-26,28-30H2,1-10H3,(H,50,60)(H,51,59)/t33-,34+,38-,39-,40+,43?,44?,45+/m0/s1. The van der Waals surface area contributed by atoms with Crippen LogP contribution in [0.25, 0.3) is 0 Å². The van der Waals surface area contributed by atoms with Gasteiger partial charge in [0.2, 0.25) is 30.0 Å². The second kappa shape index (κ2) is 25.0. The van der Waals surface area contributed by atoms with Crippen molar-refractivity contribution in [3.63, 3.8) is 0 Å². The van der Waals surface area contributed by atoms with Crippen molar-refractivity contribution in [2.45, 2.75) is 110 Å². The number of carbonyl (C=O) groups is 5. The zero-order chi connectivity index (χ0) is 46.2. The third-order valence-electron chi connectivity index (χ3n) is 12.7. The van der Waals surface area contributed by atoms with Gasteiger partial charge in [0, 0.05) is 58.7 Å². The first-order valence-corrected chi connectivity index (χ1v) is 23.1. The van der Waals surface area contributed by atoms with E-state index in [0.29, 0.717) is 32.4 Å². The number of thiazole rings is 1. The molecule has 8 atom stereocenters. The van der Waals surface area contributed by atoms with Gasteiger partial charge in [-0.05, 0) is 67.8 Å². The zero-order valence-corrected chi connectivity index (χ0v) is 39.8. The average molecular weight is 890 g/mol. The number of anilines is 1. The van der Waals surface area contributed by atoms with E-state index in [0.717, 1.165) is 41.1 Å². The fraction of sp³-hybridized carbons (Fsp3) is 0.583. The molecule has 0 aliphatic carbocycles. The largest absolute Gasteiger partial charge is 0.379 e. The Labute approximate surface area is 379 Å². The van der Waals surface area contributed by atoms with Crippen LogP contribution >= 0.6 is 11.3 Å². The number of carbonyl (C=O) groups excluding carboxylic acids is 5. The summed E-state index contributed by atoms with van der Waals surface area (Å²) >= 11 is 1.50. The molecule has 346 valence electrons. The smallest absolute Gasteiger partial charge is 0.242 e. The molecule has 1 aliphatic heterocycles. The normalized spacial score (nSPS) is 17.3. The Morgan fingerprint density at radius 2 is 1.65 bits per heavy atom. The van der Waals surface area contributed by atoms with Gasteiger partial charge in [-0.2, -0.15) is 0 Å². The summed E-state index contributed by atoms with van der Waals surface area (Å²) in [5, 5.41) is 8.86. The van der Waals surface area contributed by atoms with Crippen molar-refractivity contribution in [1.82, 2.24) is 30.3 Å². The molecule has 0 spiro atoms. The van der Waals surface area contributed by atoms with Crippen molar-refractivity contribution >= 4 is 47.1 Å². The predicted molar refractivity (Wildman–Crippen MR) is 248 cm³/mol. The summed E-state index contributed by atoms with van der Waals surface area (Å²) in [6.07, 6.45) is 4.84. The molecule has 0 radical (unpaired) electrons. The second-order valence-corrected chi connectivity index (χ2v) is 18.2. The minimum absolute atomic E-state index is 0.0206. The van der Waals surface area contributed by atoms with Crippen LogP contribution in [-0.4, -0.2) is 135 Å². The highest BCUT2D eigenvalue weighted by Crippen LogP contribution is 2.30. The summed E-state index contributed by atoms with van der Waals surface area (Å²) in [5.41, 5.74) is 2.97. The lowest BCUT2D eigenvalue weighted by Crippen LogP contribution is -2.55. The van der Waals surface area contributed by atoms with Crippen LogP contribution in [0.5, 0.6) is 0 Å². The maximum atomic E-state index is 14.3. The molecule has 0 bridgehead atoms. The van der Waals surface area contributed by atoms with E-state index in [1.165, 1.54) is 16.2 Å². The monoisotopic (exact) mass is 890 g/mol. The number of nitrogens with zero attached hydrogens (tertiary/aromatic N) is 5. The van der Waals surface area contributed by atoms with E-state index >= 15 is 0 Å². The van der Waals surface area contributed by atoms with Gasteiger partial charge in [0.25, 0.3) is 0 Å². The molecule has 3 aromatic rings. The van der Waals surface area contributed by atoms with E-state index in [2.05, 4.69) is 15.6 Å². The maximum absolute atomic E-state index is 14.3. The molecule has 1 saturated heterocycles. The number of methoxy groups -OCH3 is 2. The molecule has 1 aromatic heterocycles. The molecule has 2 aromatic carbocycles. The number of amides is 5. The molecular formula is C48H71N7O7S. The lowest BCUT2D eigenvalue weighted by molar-refractivity contribution is -0.146. The molecule has 5 amide bonds. The fourth-order valence-corrected chi connectivity index (χ4v) is 9.58. The molecule has 0 saturated carbocycles. The molecule has 1 aliphatic rings. The molecule has 2 unspecified atom stereocenters. The van der Waals surface area contributed by atoms with E-state index in [1.807, 2.05) is 111 Å². The predicted octanol–water partition coefficient (Wildman–Crippen LogP) is 5.37. The lowest BCUT2D eigenvalue weighted by atomic mass is 9.90. The first-order chi connectivity index (χ1) is 30.1. The van der Waals surface area contributed by atoms with Crippen LogP contribution in [0.15, 0.2) is 66.2 Å². The van der Waals surface area contributed by atoms with Crippen molar-refractivity contribution in [2.24, 2.45) is 17.8 Å². The highest BCUT2D eigenvalue weighted by atomic mass is 32.1. The van der Waals surface area contributed by atoms with E-state index in [9.17, 15) is 24.0 Å². The van der Waals surface area contributed by atoms with Crippen LogP contribution in [-0.2, 0) is 46.3 Å². The van der Waals surface area contributed by atoms with Gasteiger partial charge in [-0.1, -0.05) is 83.5 Å². The van der Waals surface area contributed by atoms with Crippen molar-refractivity contribution in [3.8, 4) is 0 Å². The number of aromatic nitrogens is 1. The minimum atomic E-state index is -0.625. The molecule has 2 heterocycles. The fourth-order valence-electron chi connectivity index (χ4n) is 8.89. The summed E-state index contributed by atoms with van der Waals surface area (Å²) in [4.78, 5) is 78.4. The number of hydrogen-bond donors (Lipinski definition) is 2. The van der Waals surface area contributed by atoms with Crippen molar-refractivity contribution in [3.05, 3.63) is 82.3 Å². The Morgan fingerprint density at radius 3 is 2.24 bits per heavy atom. The number of benzene rings is 2. The van der Waals surface area contributed by atoms with Crippen molar-refractivity contribution < 1.29 is 33.4 Å². The van der Waals surface area contributed by atoms with Crippen LogP contribution in [0.4, 0.5) is 5.69 Å². The van der Waals surface area contributed by atoms with E-state index in [-0.39, 0.29) is 60.5 Å². The molecule has 2 N–H and O–H groups in total. The van der Waals surface area contributed by atoms with Crippen LogP contribution < -0.4 is 15.5 Å². The summed E-state index contributed by atoms with van der Waals surface area (Å²) in [5.74, 6) is -1.43. The van der Waals surface area contributed by atoms with Crippen LogP contribution in [0.2, 0.25) is 0 Å². The minimum Gasteiger partial charge on any atom is -0.379 e.